The highest BCUT2D eigenvalue weighted by atomic mass is 16.5. The minimum atomic E-state index is -0.935. The molecule has 2 aromatic rings. The molecule has 0 spiro atoms. The van der Waals surface area contributed by atoms with Crippen molar-refractivity contribution < 1.29 is 24.9 Å². The van der Waals surface area contributed by atoms with Crippen molar-refractivity contribution in [1.82, 2.24) is 0 Å². The topological polar surface area (TPSA) is 87.0 Å². The Balaban J connectivity index is 0.00000129. The van der Waals surface area contributed by atoms with Crippen LogP contribution >= 0.6 is 0 Å². The van der Waals surface area contributed by atoms with Crippen molar-refractivity contribution in [2.24, 2.45) is 0 Å². The molecule has 0 heterocycles. The number of aryl methyl sites for hydroxylation is 2. The normalized spacial score (nSPS) is 11.0. The summed E-state index contributed by atoms with van der Waals surface area (Å²) in [5.74, 6) is 1.15. The molecule has 42 heavy (non-hydrogen) atoms. The highest BCUT2D eigenvalue weighted by Gasteiger charge is 2.08. The fourth-order valence-corrected chi connectivity index (χ4v) is 4.28. The molecule has 238 valence electrons. The molecule has 2 rings (SSSR count). The van der Waals surface area contributed by atoms with Crippen LogP contribution in [0.25, 0.3) is 0 Å². The summed E-state index contributed by atoms with van der Waals surface area (Å²) in [5.41, 5.74) is 2.87. The second kappa shape index (κ2) is 27.2. The van der Waals surface area contributed by atoms with E-state index in [2.05, 4.69) is 69.0 Å². The van der Waals surface area contributed by atoms with Crippen LogP contribution in [0.1, 0.15) is 129 Å². The van der Waals surface area contributed by atoms with E-state index < -0.39 is 12.1 Å². The Kier molecular flexibility index (Phi) is 25.5. The summed E-state index contributed by atoms with van der Waals surface area (Å²) in [6, 6.07) is 17.3. The number of para-hydroxylation sites is 2. The van der Waals surface area contributed by atoms with Crippen molar-refractivity contribution in [3.8, 4) is 11.5 Å². The number of carbonyl (C=O) groups is 1. The molecule has 0 saturated carbocycles. The highest BCUT2D eigenvalue weighted by molar-refractivity contribution is 5.84. The smallest absolute Gasteiger partial charge is 0.330 e. The van der Waals surface area contributed by atoms with Crippen molar-refractivity contribution in [3.05, 3.63) is 71.8 Å². The third-order valence-electron chi connectivity index (χ3n) is 6.89. The maximum Gasteiger partial charge on any atom is 0.330 e. The van der Waals surface area contributed by atoms with Crippen molar-refractivity contribution >= 4 is 5.97 Å². The van der Waals surface area contributed by atoms with Gasteiger partial charge in [-0.15, -0.1) is 0 Å². The fraction of sp³-hybridized carbons (Fsp3) is 0.595. The molecule has 0 aromatic heterocycles. The molecule has 1 atom stereocenters. The van der Waals surface area contributed by atoms with Crippen LogP contribution in [0, 0.1) is 0 Å². The van der Waals surface area contributed by atoms with Gasteiger partial charge in [0.2, 0.25) is 0 Å². The van der Waals surface area contributed by atoms with E-state index in [4.69, 9.17) is 20.1 Å². The Morgan fingerprint density at radius 2 is 1.02 bits per heavy atom. The van der Waals surface area contributed by atoms with Gasteiger partial charge in [0.15, 0.2) is 0 Å². The monoisotopic (exact) mass is 584 g/mol. The van der Waals surface area contributed by atoms with E-state index in [0.29, 0.717) is 0 Å². The van der Waals surface area contributed by atoms with Gasteiger partial charge in [0.05, 0.1) is 12.7 Å². The zero-order valence-corrected chi connectivity index (χ0v) is 27.1. The van der Waals surface area contributed by atoms with Crippen LogP contribution in [0.5, 0.6) is 11.5 Å². The van der Waals surface area contributed by atoms with E-state index in [-0.39, 0.29) is 12.2 Å². The zero-order chi connectivity index (χ0) is 31.4. The van der Waals surface area contributed by atoms with Crippen LogP contribution in [0.3, 0.4) is 0 Å². The average Bonchev–Trinajstić information content (AvgIpc) is 2.98. The molecule has 5 heteroatoms. The fourth-order valence-electron chi connectivity index (χ4n) is 4.28. The standard InChI is InChI=1S/C30H46O.C4H6O2.C3H8O2/c1-3-5-7-9-11-13-15-21-27-23-17-19-25-29(27)31-30-26-20-18-24-28(30)22-16-14-12-10-8-6-4-2;1-3(2)4(5)6;1-3(5)2-4/h17-20,23-26H,3-16,21-22H2,1-2H3;1H2,2H3,(H,5,6);3-5H,2H2,1H3. The van der Waals surface area contributed by atoms with E-state index >= 15 is 0 Å². The molecule has 3 N–H and O–H groups in total. The lowest BCUT2D eigenvalue weighted by Crippen LogP contribution is -2.03. The summed E-state index contributed by atoms with van der Waals surface area (Å²) in [7, 11) is 0. The Hall–Kier alpha value is -2.63. The van der Waals surface area contributed by atoms with Gasteiger partial charge in [0.25, 0.3) is 0 Å². The maximum atomic E-state index is 9.60. The number of ether oxygens (including phenoxy) is 1. The third kappa shape index (κ3) is 22.0. The van der Waals surface area contributed by atoms with Crippen LogP contribution in [0.4, 0.5) is 0 Å². The SMILES string of the molecule is C=C(C)C(=O)O.CC(O)CO.CCCCCCCCCc1ccccc1Oc1ccccc1CCCCCCCCC. The molecule has 0 amide bonds. The predicted molar refractivity (Wildman–Crippen MR) is 178 cm³/mol. The van der Waals surface area contributed by atoms with Gasteiger partial charge in [-0.1, -0.05) is 134 Å². The Labute approximate surface area is 257 Å². The van der Waals surface area contributed by atoms with E-state index in [0.717, 1.165) is 24.3 Å². The number of carboxylic acids is 1. The summed E-state index contributed by atoms with van der Waals surface area (Å²) < 4.78 is 6.46. The van der Waals surface area contributed by atoms with E-state index in [1.807, 2.05) is 0 Å². The highest BCUT2D eigenvalue weighted by Crippen LogP contribution is 2.30. The van der Waals surface area contributed by atoms with Crippen molar-refractivity contribution in [1.29, 1.82) is 0 Å². The lowest BCUT2D eigenvalue weighted by molar-refractivity contribution is -0.132. The number of unbranched alkanes of at least 4 members (excludes halogenated alkanes) is 12. The summed E-state index contributed by atoms with van der Waals surface area (Å²) in [4.78, 5) is 9.60. The molecule has 0 aliphatic heterocycles. The molecule has 0 bridgehead atoms. The van der Waals surface area contributed by atoms with Crippen LogP contribution < -0.4 is 4.74 Å². The summed E-state index contributed by atoms with van der Waals surface area (Å²) in [5, 5.41) is 23.9. The molecule has 0 radical (unpaired) electrons. The Bertz CT molecular complexity index is 866. The molecule has 0 aliphatic rings. The lowest BCUT2D eigenvalue weighted by Gasteiger charge is -2.14. The number of carboxylic acid groups (broad SMARTS) is 1. The van der Waals surface area contributed by atoms with Gasteiger partial charge in [-0.3, -0.25) is 0 Å². The van der Waals surface area contributed by atoms with Crippen LogP contribution in [0.2, 0.25) is 0 Å². The Morgan fingerprint density at radius 3 is 1.33 bits per heavy atom. The second-order valence-corrected chi connectivity index (χ2v) is 11.2. The summed E-state index contributed by atoms with van der Waals surface area (Å²) in [6.45, 7) is 10.6. The Morgan fingerprint density at radius 1 is 0.714 bits per heavy atom. The third-order valence-corrected chi connectivity index (χ3v) is 6.89. The van der Waals surface area contributed by atoms with E-state index in [9.17, 15) is 4.79 Å². The molecule has 2 aromatic carbocycles. The van der Waals surface area contributed by atoms with E-state index in [1.165, 1.54) is 115 Å². The molecule has 0 aliphatic carbocycles. The summed E-state index contributed by atoms with van der Waals surface area (Å²) in [6.07, 6.45) is 20.5. The van der Waals surface area contributed by atoms with Crippen LogP contribution in [-0.2, 0) is 17.6 Å². The maximum absolute atomic E-state index is 9.60. The first-order valence-electron chi connectivity index (χ1n) is 16.3. The van der Waals surface area contributed by atoms with Crippen molar-refractivity contribution in [3.63, 3.8) is 0 Å². The van der Waals surface area contributed by atoms with Gasteiger partial charge >= 0.3 is 5.97 Å². The van der Waals surface area contributed by atoms with Gasteiger partial charge in [0, 0.05) is 5.57 Å². The molecular weight excluding hydrogens is 524 g/mol. The molecule has 1 unspecified atom stereocenters. The average molecular weight is 585 g/mol. The van der Waals surface area contributed by atoms with Crippen LogP contribution in [0.15, 0.2) is 60.7 Å². The number of benzene rings is 2. The number of hydrogen-bond acceptors (Lipinski definition) is 4. The van der Waals surface area contributed by atoms with Gasteiger partial charge in [-0.2, -0.15) is 0 Å². The van der Waals surface area contributed by atoms with Gasteiger partial charge < -0.3 is 20.1 Å². The van der Waals surface area contributed by atoms with Crippen molar-refractivity contribution in [2.75, 3.05) is 6.61 Å². The minimum Gasteiger partial charge on any atom is -0.478 e. The van der Waals surface area contributed by atoms with Crippen molar-refractivity contribution in [2.45, 2.75) is 137 Å². The largest absolute Gasteiger partial charge is 0.478 e. The number of hydrogen-bond donors (Lipinski definition) is 3. The van der Waals surface area contributed by atoms with Gasteiger partial charge in [0.1, 0.15) is 11.5 Å². The number of aliphatic hydroxyl groups excluding tert-OH is 2. The molecular formula is C37H60O5. The first-order chi connectivity index (χ1) is 20.3. The molecule has 0 saturated heterocycles. The molecule has 5 nitrogen and oxygen atoms in total. The second-order valence-electron chi connectivity index (χ2n) is 11.2. The van der Waals surface area contributed by atoms with E-state index in [1.54, 1.807) is 0 Å². The number of aliphatic hydroxyl groups is 2. The first kappa shape index (κ1) is 39.4. The quantitative estimate of drug-likeness (QED) is 0.106. The predicted octanol–water partition coefficient (Wildman–Crippen LogP) is 10.1. The first-order valence-corrected chi connectivity index (χ1v) is 16.3. The number of aliphatic carboxylic acids is 1. The van der Waals surface area contributed by atoms with Gasteiger partial charge in [-0.25, -0.2) is 4.79 Å². The number of rotatable bonds is 20. The summed E-state index contributed by atoms with van der Waals surface area (Å²) >= 11 is 0. The lowest BCUT2D eigenvalue weighted by atomic mass is 10.0. The van der Waals surface area contributed by atoms with Gasteiger partial charge in [-0.05, 0) is 62.8 Å². The minimum absolute atomic E-state index is 0.139. The van der Waals surface area contributed by atoms with Crippen LogP contribution in [-0.4, -0.2) is 34.0 Å². The molecule has 0 fully saturated rings. The zero-order valence-electron chi connectivity index (χ0n) is 27.1.